The van der Waals surface area contributed by atoms with E-state index in [0.29, 0.717) is 17.4 Å². The molecule has 18 heavy (non-hydrogen) atoms. The zero-order chi connectivity index (χ0) is 12.4. The Balaban J connectivity index is 1.69. The normalized spacial score (nSPS) is 15.1. The van der Waals surface area contributed by atoms with Gasteiger partial charge in [0.05, 0.1) is 24.0 Å². The SMILES string of the molecule is O=C(Oc1cnn(C2CCC2)c1)c1ccccc1. The molecular weight excluding hydrogens is 228 g/mol. The van der Waals surface area contributed by atoms with E-state index in [1.807, 2.05) is 22.9 Å². The second kappa shape index (κ2) is 4.64. The van der Waals surface area contributed by atoms with Crippen LogP contribution in [0.1, 0.15) is 35.7 Å². The second-order valence-corrected chi connectivity index (χ2v) is 4.50. The summed E-state index contributed by atoms with van der Waals surface area (Å²) in [5.41, 5.74) is 0.550. The summed E-state index contributed by atoms with van der Waals surface area (Å²) in [4.78, 5) is 11.8. The van der Waals surface area contributed by atoms with E-state index in [-0.39, 0.29) is 5.97 Å². The minimum Gasteiger partial charge on any atom is -0.420 e. The number of nitrogens with zero attached hydrogens (tertiary/aromatic N) is 2. The van der Waals surface area contributed by atoms with Crippen LogP contribution in [0.5, 0.6) is 5.75 Å². The highest BCUT2D eigenvalue weighted by Crippen LogP contribution is 2.31. The van der Waals surface area contributed by atoms with Gasteiger partial charge in [-0.2, -0.15) is 5.10 Å². The van der Waals surface area contributed by atoms with E-state index in [0.717, 1.165) is 12.8 Å². The summed E-state index contributed by atoms with van der Waals surface area (Å²) >= 11 is 0. The van der Waals surface area contributed by atoms with E-state index in [4.69, 9.17) is 4.74 Å². The molecule has 1 aromatic carbocycles. The fourth-order valence-corrected chi connectivity index (χ4v) is 1.96. The molecule has 1 aliphatic rings. The van der Waals surface area contributed by atoms with Crippen LogP contribution < -0.4 is 4.74 Å². The lowest BCUT2D eigenvalue weighted by Crippen LogP contribution is -2.17. The van der Waals surface area contributed by atoms with Crippen molar-refractivity contribution < 1.29 is 9.53 Å². The molecule has 0 N–H and O–H groups in total. The van der Waals surface area contributed by atoms with E-state index in [1.54, 1.807) is 24.5 Å². The predicted octanol–water partition coefficient (Wildman–Crippen LogP) is 2.83. The first kappa shape index (κ1) is 11.0. The summed E-state index contributed by atoms with van der Waals surface area (Å²) in [5, 5.41) is 4.22. The smallest absolute Gasteiger partial charge is 0.343 e. The van der Waals surface area contributed by atoms with Crippen LogP contribution >= 0.6 is 0 Å². The molecule has 0 amide bonds. The van der Waals surface area contributed by atoms with Crippen molar-refractivity contribution in [1.82, 2.24) is 9.78 Å². The highest BCUT2D eigenvalue weighted by molar-refractivity contribution is 5.90. The average Bonchev–Trinajstić information content (AvgIpc) is 2.76. The van der Waals surface area contributed by atoms with Crippen molar-refractivity contribution in [3.05, 3.63) is 48.3 Å². The van der Waals surface area contributed by atoms with E-state index in [2.05, 4.69) is 5.10 Å². The van der Waals surface area contributed by atoms with Gasteiger partial charge in [0.25, 0.3) is 0 Å². The Hall–Kier alpha value is -2.10. The summed E-state index contributed by atoms with van der Waals surface area (Å²) in [6.07, 6.45) is 6.97. The molecule has 2 aromatic rings. The van der Waals surface area contributed by atoms with Gasteiger partial charge in [0.2, 0.25) is 0 Å². The van der Waals surface area contributed by atoms with Crippen LogP contribution in [0.2, 0.25) is 0 Å². The van der Waals surface area contributed by atoms with Gasteiger partial charge in [-0.3, -0.25) is 4.68 Å². The van der Waals surface area contributed by atoms with Crippen LogP contribution in [0.15, 0.2) is 42.7 Å². The van der Waals surface area contributed by atoms with E-state index in [9.17, 15) is 4.79 Å². The molecule has 0 unspecified atom stereocenters. The minimum absolute atomic E-state index is 0.344. The molecule has 0 bridgehead atoms. The Morgan fingerprint density at radius 2 is 2.06 bits per heavy atom. The number of carbonyl (C=O) groups is 1. The molecule has 1 saturated carbocycles. The third-order valence-electron chi connectivity index (χ3n) is 3.25. The fourth-order valence-electron chi connectivity index (χ4n) is 1.96. The molecule has 1 aliphatic carbocycles. The van der Waals surface area contributed by atoms with Gasteiger partial charge in [-0.1, -0.05) is 18.2 Å². The van der Waals surface area contributed by atoms with Crippen molar-refractivity contribution in [3.8, 4) is 5.75 Å². The first-order valence-corrected chi connectivity index (χ1v) is 6.14. The summed E-state index contributed by atoms with van der Waals surface area (Å²) in [6.45, 7) is 0. The van der Waals surface area contributed by atoms with Crippen molar-refractivity contribution in [2.24, 2.45) is 0 Å². The van der Waals surface area contributed by atoms with Gasteiger partial charge in [-0.15, -0.1) is 0 Å². The standard InChI is InChI=1S/C14H14N2O2/c17-14(11-5-2-1-3-6-11)18-13-9-15-16(10-13)12-7-4-8-12/h1-3,5-6,9-10,12H,4,7-8H2. The molecular formula is C14H14N2O2. The van der Waals surface area contributed by atoms with Crippen LogP contribution in [0.3, 0.4) is 0 Å². The van der Waals surface area contributed by atoms with Crippen LogP contribution in [-0.4, -0.2) is 15.7 Å². The third-order valence-corrected chi connectivity index (χ3v) is 3.25. The van der Waals surface area contributed by atoms with Gasteiger partial charge in [-0.25, -0.2) is 4.79 Å². The molecule has 4 nitrogen and oxygen atoms in total. The molecule has 0 radical (unpaired) electrons. The first-order valence-electron chi connectivity index (χ1n) is 6.14. The van der Waals surface area contributed by atoms with Crippen molar-refractivity contribution in [2.45, 2.75) is 25.3 Å². The number of hydrogen-bond donors (Lipinski definition) is 0. The third kappa shape index (κ3) is 2.14. The Morgan fingerprint density at radius 1 is 1.28 bits per heavy atom. The molecule has 0 saturated heterocycles. The van der Waals surface area contributed by atoms with Gasteiger partial charge < -0.3 is 4.74 Å². The number of ether oxygens (including phenoxy) is 1. The monoisotopic (exact) mass is 242 g/mol. The summed E-state index contributed by atoms with van der Waals surface area (Å²) in [5.74, 6) is 0.166. The highest BCUT2D eigenvalue weighted by atomic mass is 16.5. The van der Waals surface area contributed by atoms with Crippen LogP contribution in [0, 0.1) is 0 Å². The van der Waals surface area contributed by atoms with Crippen molar-refractivity contribution >= 4 is 5.97 Å². The number of aromatic nitrogens is 2. The minimum atomic E-state index is -0.344. The number of rotatable bonds is 3. The van der Waals surface area contributed by atoms with Gasteiger partial charge in [0.1, 0.15) is 0 Å². The van der Waals surface area contributed by atoms with E-state index < -0.39 is 0 Å². The largest absolute Gasteiger partial charge is 0.420 e. The van der Waals surface area contributed by atoms with E-state index >= 15 is 0 Å². The molecule has 0 spiro atoms. The maximum absolute atomic E-state index is 11.8. The Morgan fingerprint density at radius 3 is 2.72 bits per heavy atom. The number of hydrogen-bond acceptors (Lipinski definition) is 3. The zero-order valence-corrected chi connectivity index (χ0v) is 9.95. The lowest BCUT2D eigenvalue weighted by molar-refractivity contribution is 0.0734. The Labute approximate surface area is 105 Å². The fraction of sp³-hybridized carbons (Fsp3) is 0.286. The van der Waals surface area contributed by atoms with Crippen molar-refractivity contribution in [2.75, 3.05) is 0 Å². The molecule has 0 atom stereocenters. The molecule has 92 valence electrons. The first-order chi connectivity index (χ1) is 8.83. The summed E-state index contributed by atoms with van der Waals surface area (Å²) < 4.78 is 7.16. The topological polar surface area (TPSA) is 44.1 Å². The Kier molecular flexibility index (Phi) is 2.84. The number of carbonyl (C=O) groups excluding carboxylic acids is 1. The van der Waals surface area contributed by atoms with E-state index in [1.165, 1.54) is 6.42 Å². The number of benzene rings is 1. The van der Waals surface area contributed by atoms with Crippen LogP contribution in [-0.2, 0) is 0 Å². The summed E-state index contributed by atoms with van der Waals surface area (Å²) in [6, 6.07) is 9.44. The molecule has 1 heterocycles. The zero-order valence-electron chi connectivity index (χ0n) is 9.95. The molecule has 0 aliphatic heterocycles. The van der Waals surface area contributed by atoms with Crippen molar-refractivity contribution in [3.63, 3.8) is 0 Å². The maximum Gasteiger partial charge on any atom is 0.343 e. The van der Waals surface area contributed by atoms with Gasteiger partial charge in [0, 0.05) is 0 Å². The quantitative estimate of drug-likeness (QED) is 0.777. The lowest BCUT2D eigenvalue weighted by atomic mass is 9.93. The van der Waals surface area contributed by atoms with Crippen LogP contribution in [0.25, 0.3) is 0 Å². The number of esters is 1. The van der Waals surface area contributed by atoms with Gasteiger partial charge >= 0.3 is 5.97 Å². The molecule has 4 heteroatoms. The molecule has 3 rings (SSSR count). The lowest BCUT2D eigenvalue weighted by Gasteiger charge is -2.25. The van der Waals surface area contributed by atoms with Gasteiger partial charge in [-0.05, 0) is 31.4 Å². The van der Waals surface area contributed by atoms with Crippen molar-refractivity contribution in [1.29, 1.82) is 0 Å². The predicted molar refractivity (Wildman–Crippen MR) is 66.5 cm³/mol. The summed E-state index contributed by atoms with van der Waals surface area (Å²) in [7, 11) is 0. The Bertz CT molecular complexity index is 544. The van der Waals surface area contributed by atoms with Gasteiger partial charge in [0.15, 0.2) is 5.75 Å². The molecule has 1 fully saturated rings. The maximum atomic E-state index is 11.8. The average molecular weight is 242 g/mol. The highest BCUT2D eigenvalue weighted by Gasteiger charge is 2.20. The second-order valence-electron chi connectivity index (χ2n) is 4.50. The molecule has 1 aromatic heterocycles. The van der Waals surface area contributed by atoms with Crippen LogP contribution in [0.4, 0.5) is 0 Å².